The Morgan fingerprint density at radius 1 is 1.48 bits per heavy atom. The van der Waals surface area contributed by atoms with Gasteiger partial charge in [-0.1, -0.05) is 11.8 Å². The molecule has 1 fully saturated rings. The first-order valence-corrected chi connectivity index (χ1v) is 10.6. The fourth-order valence-electron chi connectivity index (χ4n) is 2.81. The van der Waals surface area contributed by atoms with Gasteiger partial charge in [0.25, 0.3) is 11.1 Å². The predicted octanol–water partition coefficient (Wildman–Crippen LogP) is 1.85. The largest absolute Gasteiger partial charge is 0.459 e. The average molecular weight is 385 g/mol. The van der Waals surface area contributed by atoms with Gasteiger partial charge in [-0.2, -0.15) is 0 Å². The molecule has 8 nitrogen and oxygen atoms in total. The summed E-state index contributed by atoms with van der Waals surface area (Å²) in [5, 5.41) is 7.62. The lowest BCUT2D eigenvalue weighted by atomic mass is 10.2. The molecule has 25 heavy (non-hydrogen) atoms. The molecule has 0 N–H and O–H groups in total. The highest BCUT2D eigenvalue weighted by Crippen LogP contribution is 2.28. The zero-order chi connectivity index (χ0) is 18.0. The molecule has 2 aromatic rings. The van der Waals surface area contributed by atoms with E-state index in [-0.39, 0.29) is 34.6 Å². The van der Waals surface area contributed by atoms with Crippen LogP contribution in [0, 0.1) is 0 Å². The third-order valence-corrected chi connectivity index (χ3v) is 6.71. The number of thioether (sulfide) groups is 1. The molecular formula is C15H19N3O5S2. The second-order valence-electron chi connectivity index (χ2n) is 5.79. The van der Waals surface area contributed by atoms with Crippen LogP contribution in [-0.4, -0.2) is 58.8 Å². The third-order valence-electron chi connectivity index (χ3n) is 4.04. The minimum absolute atomic E-state index is 0.0349. The fourth-order valence-corrected chi connectivity index (χ4v) is 5.29. The maximum atomic E-state index is 12.7. The van der Waals surface area contributed by atoms with E-state index in [9.17, 15) is 13.2 Å². The van der Waals surface area contributed by atoms with Gasteiger partial charge >= 0.3 is 0 Å². The first kappa shape index (κ1) is 18.0. The molecule has 1 saturated heterocycles. The summed E-state index contributed by atoms with van der Waals surface area (Å²) in [5.41, 5.74) is 0. The Labute approximate surface area is 149 Å². The molecule has 10 heteroatoms. The van der Waals surface area contributed by atoms with Crippen LogP contribution < -0.4 is 0 Å². The van der Waals surface area contributed by atoms with Gasteiger partial charge in [0.15, 0.2) is 15.6 Å². The molecule has 0 saturated carbocycles. The summed E-state index contributed by atoms with van der Waals surface area (Å²) in [4.78, 5) is 14.3. The molecule has 2 aromatic heterocycles. The number of amides is 1. The first-order chi connectivity index (χ1) is 11.9. The SMILES string of the molecule is CCN(C(=O)[C@H](C)Sc1nnc(-c2ccco2)o1)[C@H]1CCS(=O)(=O)C1. The van der Waals surface area contributed by atoms with E-state index in [2.05, 4.69) is 10.2 Å². The van der Waals surface area contributed by atoms with E-state index in [1.165, 1.54) is 6.26 Å². The molecule has 0 aliphatic carbocycles. The molecule has 1 amide bonds. The van der Waals surface area contributed by atoms with Crippen molar-refractivity contribution in [2.75, 3.05) is 18.1 Å². The number of furan rings is 1. The van der Waals surface area contributed by atoms with Gasteiger partial charge in [0.2, 0.25) is 5.91 Å². The van der Waals surface area contributed by atoms with Crippen LogP contribution in [0.1, 0.15) is 20.3 Å². The van der Waals surface area contributed by atoms with Crippen LogP contribution >= 0.6 is 11.8 Å². The smallest absolute Gasteiger partial charge is 0.284 e. The van der Waals surface area contributed by atoms with Crippen molar-refractivity contribution in [2.45, 2.75) is 36.8 Å². The fraction of sp³-hybridized carbons (Fsp3) is 0.533. The molecule has 3 rings (SSSR count). The van der Waals surface area contributed by atoms with E-state index in [0.717, 1.165) is 11.8 Å². The van der Waals surface area contributed by atoms with Crippen molar-refractivity contribution in [3.63, 3.8) is 0 Å². The molecular weight excluding hydrogens is 366 g/mol. The Kier molecular flexibility index (Phi) is 5.19. The maximum absolute atomic E-state index is 12.7. The lowest BCUT2D eigenvalue weighted by Gasteiger charge is -2.28. The van der Waals surface area contributed by atoms with E-state index in [0.29, 0.717) is 18.7 Å². The molecule has 0 spiro atoms. The predicted molar refractivity (Wildman–Crippen MR) is 91.8 cm³/mol. The van der Waals surface area contributed by atoms with Gasteiger partial charge in [-0.15, -0.1) is 10.2 Å². The van der Waals surface area contributed by atoms with E-state index >= 15 is 0 Å². The Morgan fingerprint density at radius 2 is 2.28 bits per heavy atom. The lowest BCUT2D eigenvalue weighted by molar-refractivity contribution is -0.131. The Hall–Kier alpha value is -1.81. The van der Waals surface area contributed by atoms with Gasteiger partial charge in [0.1, 0.15) is 0 Å². The van der Waals surface area contributed by atoms with Crippen molar-refractivity contribution < 1.29 is 22.0 Å². The van der Waals surface area contributed by atoms with Crippen molar-refractivity contribution >= 4 is 27.5 Å². The normalized spacial score (nSPS) is 20.5. The summed E-state index contributed by atoms with van der Waals surface area (Å²) in [6.07, 6.45) is 2.00. The van der Waals surface area contributed by atoms with Crippen LogP contribution in [0.25, 0.3) is 11.7 Å². The number of nitrogens with zero attached hydrogens (tertiary/aromatic N) is 3. The van der Waals surface area contributed by atoms with Crippen LogP contribution in [0.4, 0.5) is 0 Å². The molecule has 2 atom stereocenters. The van der Waals surface area contributed by atoms with Crippen LogP contribution in [0.2, 0.25) is 0 Å². The molecule has 136 valence electrons. The van der Waals surface area contributed by atoms with Gasteiger partial charge in [0.05, 0.1) is 23.0 Å². The summed E-state index contributed by atoms with van der Waals surface area (Å²) in [7, 11) is -3.04. The Morgan fingerprint density at radius 3 is 2.88 bits per heavy atom. The number of sulfone groups is 1. The summed E-state index contributed by atoms with van der Waals surface area (Å²) >= 11 is 1.15. The van der Waals surface area contributed by atoms with Gasteiger partial charge in [0, 0.05) is 12.6 Å². The quantitative estimate of drug-likeness (QED) is 0.694. The second-order valence-corrected chi connectivity index (χ2v) is 9.31. The van der Waals surface area contributed by atoms with E-state index < -0.39 is 15.1 Å². The molecule has 1 aliphatic heterocycles. The van der Waals surface area contributed by atoms with E-state index in [1.54, 1.807) is 24.0 Å². The zero-order valence-electron chi connectivity index (χ0n) is 13.9. The van der Waals surface area contributed by atoms with E-state index in [4.69, 9.17) is 8.83 Å². The van der Waals surface area contributed by atoms with Crippen LogP contribution in [0.3, 0.4) is 0 Å². The zero-order valence-corrected chi connectivity index (χ0v) is 15.5. The molecule has 1 aliphatic rings. The van der Waals surface area contributed by atoms with Gasteiger partial charge in [-0.05, 0) is 32.4 Å². The maximum Gasteiger partial charge on any atom is 0.284 e. The van der Waals surface area contributed by atoms with Crippen molar-refractivity contribution in [3.05, 3.63) is 18.4 Å². The molecule has 0 bridgehead atoms. The average Bonchev–Trinajstić information content (AvgIpc) is 3.28. The minimum atomic E-state index is -3.04. The number of rotatable bonds is 6. The Balaban J connectivity index is 1.65. The van der Waals surface area contributed by atoms with Crippen molar-refractivity contribution in [1.29, 1.82) is 0 Å². The van der Waals surface area contributed by atoms with Crippen LogP contribution in [0.15, 0.2) is 32.5 Å². The third kappa shape index (κ3) is 4.06. The monoisotopic (exact) mass is 385 g/mol. The number of carbonyl (C=O) groups is 1. The molecule has 0 unspecified atom stereocenters. The molecule has 3 heterocycles. The van der Waals surface area contributed by atoms with Gasteiger partial charge < -0.3 is 13.7 Å². The molecule has 0 radical (unpaired) electrons. The summed E-state index contributed by atoms with van der Waals surface area (Å²) in [6.45, 7) is 4.06. The first-order valence-electron chi connectivity index (χ1n) is 7.94. The second kappa shape index (κ2) is 7.20. The highest BCUT2D eigenvalue weighted by Gasteiger charge is 2.35. The number of aromatic nitrogens is 2. The van der Waals surface area contributed by atoms with Crippen LogP contribution in [-0.2, 0) is 14.6 Å². The highest BCUT2D eigenvalue weighted by atomic mass is 32.2. The van der Waals surface area contributed by atoms with Crippen molar-refractivity contribution in [1.82, 2.24) is 15.1 Å². The minimum Gasteiger partial charge on any atom is -0.459 e. The number of carbonyl (C=O) groups excluding carboxylic acids is 1. The van der Waals surface area contributed by atoms with Crippen molar-refractivity contribution in [3.8, 4) is 11.7 Å². The topological polar surface area (TPSA) is 107 Å². The standard InChI is InChI=1S/C15H19N3O5S2/c1-3-18(11-6-8-25(20,21)9-11)14(19)10(2)24-15-17-16-13(23-15)12-5-4-7-22-12/h4-5,7,10-11H,3,6,8-9H2,1-2H3/t10-,11-/m0/s1. The molecule has 0 aromatic carbocycles. The van der Waals surface area contributed by atoms with E-state index in [1.807, 2.05) is 6.92 Å². The van der Waals surface area contributed by atoms with Gasteiger partial charge in [-0.3, -0.25) is 4.79 Å². The number of hydrogen-bond acceptors (Lipinski definition) is 8. The lowest BCUT2D eigenvalue weighted by Crippen LogP contribution is -2.44. The van der Waals surface area contributed by atoms with Crippen LogP contribution in [0.5, 0.6) is 0 Å². The number of hydrogen-bond donors (Lipinski definition) is 0. The Bertz CT molecular complexity index is 831. The van der Waals surface area contributed by atoms with Crippen molar-refractivity contribution in [2.24, 2.45) is 0 Å². The summed E-state index contributed by atoms with van der Waals surface area (Å²) in [5.74, 6) is 0.755. The summed E-state index contributed by atoms with van der Waals surface area (Å²) in [6, 6.07) is 3.16. The summed E-state index contributed by atoms with van der Waals surface area (Å²) < 4.78 is 34.0. The van der Waals surface area contributed by atoms with Gasteiger partial charge in [-0.25, -0.2) is 8.42 Å². The highest BCUT2D eigenvalue weighted by molar-refractivity contribution is 8.00.